The molecule has 0 radical (unpaired) electrons. The smallest absolute Gasteiger partial charge is 0.327 e. The van der Waals surface area contributed by atoms with Crippen molar-refractivity contribution in [3.63, 3.8) is 0 Å². The van der Waals surface area contributed by atoms with Crippen LogP contribution in [0.2, 0.25) is 0 Å². The number of likely N-dealkylation sites (tertiary alicyclic amines) is 1. The van der Waals surface area contributed by atoms with Crippen LogP contribution in [0.15, 0.2) is 29.8 Å². The Hall–Kier alpha value is -3.40. The standard InChI is InChI=1S/C52H71N3O11/c1-48(2,3)63-40(57)20-18-34(28-56)53-45(58)37-12-9-23-54(37)47(60)51-26-38-41-42(65-52(64-41,32-14-15-32)33-16-17-33)44(51)66-55(43(51)46(59)61-38)27-31-11-8-7-10-29(31)24-30-13-19-39-50(6,62-39)22-21-36-35(30)25-49(36,4)5/h7-8,10-11,24,32-39,41-44,56H,9,12-23,25-28H2,1-6H3,(H,53,58). The molecule has 5 saturated carbocycles. The van der Waals surface area contributed by atoms with E-state index in [9.17, 15) is 19.5 Å². The van der Waals surface area contributed by atoms with Crippen LogP contribution in [0, 0.1) is 34.5 Å². The molecule has 2 N–H and O–H groups in total. The molecule has 10 aliphatic rings. The molecule has 12 atom stereocenters. The van der Waals surface area contributed by atoms with Gasteiger partial charge in [-0.15, -0.1) is 0 Å². The molecule has 5 heterocycles. The number of ether oxygens (including phenoxy) is 5. The van der Waals surface area contributed by atoms with E-state index >= 15 is 4.79 Å². The number of carbonyl (C=O) groups is 4. The van der Waals surface area contributed by atoms with E-state index in [1.807, 2.05) is 6.07 Å². The van der Waals surface area contributed by atoms with Crippen molar-refractivity contribution < 1.29 is 52.8 Å². The van der Waals surface area contributed by atoms with Crippen LogP contribution in [-0.4, -0.2) is 118 Å². The second-order valence-corrected chi connectivity index (χ2v) is 23.6. The molecule has 66 heavy (non-hydrogen) atoms. The van der Waals surface area contributed by atoms with E-state index in [1.54, 1.807) is 30.7 Å². The van der Waals surface area contributed by atoms with Gasteiger partial charge in [-0.1, -0.05) is 49.8 Å². The number of nitrogens with zero attached hydrogens (tertiary/aromatic N) is 2. The number of esters is 2. The van der Waals surface area contributed by atoms with Gasteiger partial charge in [-0.25, -0.2) is 0 Å². The van der Waals surface area contributed by atoms with Crippen molar-refractivity contribution in [2.24, 2.45) is 34.5 Å². The molecule has 14 heteroatoms. The van der Waals surface area contributed by atoms with Gasteiger partial charge in [0.2, 0.25) is 11.8 Å². The second kappa shape index (κ2) is 16.1. The molecular formula is C52H71N3O11. The van der Waals surface area contributed by atoms with Crippen LogP contribution < -0.4 is 5.32 Å². The van der Waals surface area contributed by atoms with Gasteiger partial charge in [0.1, 0.15) is 41.5 Å². The highest BCUT2D eigenvalue weighted by atomic mass is 16.8. The fraction of sp³-hybridized carbons (Fsp3) is 0.769. The predicted molar refractivity (Wildman–Crippen MR) is 239 cm³/mol. The molecule has 360 valence electrons. The zero-order valence-electron chi connectivity index (χ0n) is 39.8. The van der Waals surface area contributed by atoms with Gasteiger partial charge < -0.3 is 39.0 Å². The lowest BCUT2D eigenvalue weighted by Gasteiger charge is -2.53. The topological polar surface area (TPSA) is 166 Å². The number of rotatable bonds is 12. The van der Waals surface area contributed by atoms with E-state index in [-0.39, 0.29) is 61.2 Å². The first kappa shape index (κ1) is 45.1. The van der Waals surface area contributed by atoms with Gasteiger partial charge in [0.15, 0.2) is 11.8 Å². The lowest BCUT2D eigenvalue weighted by molar-refractivity contribution is -0.235. The number of hydrogen-bond acceptors (Lipinski definition) is 12. The summed E-state index contributed by atoms with van der Waals surface area (Å²) >= 11 is 0. The fourth-order valence-electron chi connectivity index (χ4n) is 13.8. The highest BCUT2D eigenvalue weighted by molar-refractivity contribution is 5.96. The summed E-state index contributed by atoms with van der Waals surface area (Å²) in [6.45, 7) is 12.6. The molecule has 1 aromatic rings. The van der Waals surface area contributed by atoms with Crippen molar-refractivity contribution in [3.8, 4) is 0 Å². The average Bonchev–Trinajstić information content (AvgIpc) is 4.23. The minimum Gasteiger partial charge on any atom is -0.460 e. The molecule has 5 aliphatic carbocycles. The van der Waals surface area contributed by atoms with Crippen molar-refractivity contribution in [1.29, 1.82) is 0 Å². The molecule has 12 unspecified atom stereocenters. The minimum atomic E-state index is -1.42. The molecule has 10 fully saturated rings. The normalized spacial score (nSPS) is 39.6. The molecular weight excluding hydrogens is 843 g/mol. The zero-order chi connectivity index (χ0) is 46.1. The molecule has 2 bridgehead atoms. The summed E-state index contributed by atoms with van der Waals surface area (Å²) in [6.07, 6.45) is 10.6. The Labute approximate surface area is 389 Å². The van der Waals surface area contributed by atoms with Gasteiger partial charge >= 0.3 is 11.9 Å². The summed E-state index contributed by atoms with van der Waals surface area (Å²) in [6, 6.07) is 5.66. The third-order valence-corrected chi connectivity index (χ3v) is 17.5. The van der Waals surface area contributed by atoms with Crippen LogP contribution in [0.3, 0.4) is 0 Å². The number of amides is 2. The van der Waals surface area contributed by atoms with Gasteiger partial charge in [0.05, 0.1) is 30.9 Å². The lowest BCUT2D eigenvalue weighted by Crippen LogP contribution is -2.70. The zero-order valence-corrected chi connectivity index (χ0v) is 39.8. The number of epoxide rings is 1. The van der Waals surface area contributed by atoms with Crippen molar-refractivity contribution >= 4 is 29.8 Å². The van der Waals surface area contributed by atoms with Crippen LogP contribution in [0.5, 0.6) is 0 Å². The van der Waals surface area contributed by atoms with Crippen LogP contribution in [0.1, 0.15) is 143 Å². The highest BCUT2D eigenvalue weighted by Crippen LogP contribution is 2.65. The molecule has 0 spiro atoms. The largest absolute Gasteiger partial charge is 0.460 e. The average molecular weight is 914 g/mol. The van der Waals surface area contributed by atoms with Crippen molar-refractivity contribution in [2.45, 2.75) is 204 Å². The Morgan fingerprint density at radius 1 is 0.970 bits per heavy atom. The summed E-state index contributed by atoms with van der Waals surface area (Å²) in [4.78, 5) is 66.0. The second-order valence-electron chi connectivity index (χ2n) is 23.6. The van der Waals surface area contributed by atoms with E-state index in [0.29, 0.717) is 37.3 Å². The van der Waals surface area contributed by atoms with Gasteiger partial charge in [0.25, 0.3) is 0 Å². The Bertz CT molecular complexity index is 2150. The van der Waals surface area contributed by atoms with E-state index in [0.717, 1.165) is 68.9 Å². The molecule has 5 saturated heterocycles. The Morgan fingerprint density at radius 2 is 1.71 bits per heavy atom. The number of aliphatic hydroxyl groups is 1. The van der Waals surface area contributed by atoms with Crippen molar-refractivity contribution in [3.05, 3.63) is 41.0 Å². The molecule has 14 nitrogen and oxygen atoms in total. The molecule has 2 amide bonds. The highest BCUT2D eigenvalue weighted by Gasteiger charge is 2.79. The van der Waals surface area contributed by atoms with Crippen LogP contribution in [-0.2, 0) is 54.2 Å². The fourth-order valence-corrected chi connectivity index (χ4v) is 13.8. The van der Waals surface area contributed by atoms with E-state index in [1.165, 1.54) is 5.57 Å². The molecule has 0 aromatic heterocycles. The predicted octanol–water partition coefficient (Wildman–Crippen LogP) is 6.15. The summed E-state index contributed by atoms with van der Waals surface area (Å²) in [5, 5.41) is 14.9. The van der Waals surface area contributed by atoms with Crippen LogP contribution in [0.25, 0.3) is 6.08 Å². The van der Waals surface area contributed by atoms with Gasteiger partial charge in [-0.05, 0) is 133 Å². The van der Waals surface area contributed by atoms with E-state index in [4.69, 9.17) is 28.5 Å². The first-order valence-electron chi connectivity index (χ1n) is 25.3. The monoisotopic (exact) mass is 914 g/mol. The Balaban J connectivity index is 0.900. The number of allylic oxidation sites excluding steroid dienone is 1. The number of aliphatic hydroxyl groups excluding tert-OH is 1. The van der Waals surface area contributed by atoms with Gasteiger partial charge in [-0.3, -0.25) is 24.0 Å². The summed E-state index contributed by atoms with van der Waals surface area (Å²) in [5.74, 6) is -0.894. The quantitative estimate of drug-likeness (QED) is 0.182. The van der Waals surface area contributed by atoms with Gasteiger partial charge in [0, 0.05) is 31.2 Å². The Kier molecular flexibility index (Phi) is 11.0. The maximum Gasteiger partial charge on any atom is 0.327 e. The first-order chi connectivity index (χ1) is 31.4. The number of carbonyl (C=O) groups excluding carboxylic acids is 4. The summed E-state index contributed by atoms with van der Waals surface area (Å²) < 4.78 is 32.3. The number of hydroxylamine groups is 2. The van der Waals surface area contributed by atoms with Crippen molar-refractivity contribution in [1.82, 2.24) is 15.3 Å². The summed E-state index contributed by atoms with van der Waals surface area (Å²) in [7, 11) is 0. The maximum absolute atomic E-state index is 15.8. The number of nitrogens with one attached hydrogen (secondary N) is 1. The van der Waals surface area contributed by atoms with E-state index in [2.05, 4.69) is 50.4 Å². The maximum atomic E-state index is 15.8. The third kappa shape index (κ3) is 7.66. The first-order valence-corrected chi connectivity index (χ1v) is 25.3. The van der Waals surface area contributed by atoms with Gasteiger partial charge in [-0.2, -0.15) is 5.06 Å². The number of hydrogen-bond donors (Lipinski definition) is 2. The lowest BCUT2D eigenvalue weighted by atomic mass is 9.52. The Morgan fingerprint density at radius 3 is 2.42 bits per heavy atom. The van der Waals surface area contributed by atoms with Crippen LogP contribution in [0.4, 0.5) is 0 Å². The molecule has 11 rings (SSSR count). The van der Waals surface area contributed by atoms with Crippen LogP contribution >= 0.6 is 0 Å². The van der Waals surface area contributed by atoms with E-state index < -0.39 is 77.2 Å². The molecule has 1 aromatic carbocycles. The SMILES string of the molecule is CC(C)(C)OC(=O)CCC(CO)NC(=O)C1CCCN1C(=O)C12CC3OC(=O)C1N(Cc1ccccc1C=C1CCC4OC4(C)CCC4C1CC4(C)C)OC2C1OC(C2CC2)(C2CC2)OC31. The molecule has 5 aliphatic heterocycles. The number of fused-ring (bicyclic) bond motifs is 6. The number of benzene rings is 1. The van der Waals surface area contributed by atoms with Crippen molar-refractivity contribution in [2.75, 3.05) is 13.2 Å². The minimum absolute atomic E-state index is 0.0114. The third-order valence-electron chi connectivity index (χ3n) is 17.5. The summed E-state index contributed by atoms with van der Waals surface area (Å²) in [5.41, 5.74) is 1.68.